The molecule has 2 aromatic heterocycles. The van der Waals surface area contributed by atoms with Gasteiger partial charge in [-0.1, -0.05) is 22.6 Å². The largest absolute Gasteiger partial charge is 0.346 e. The zero-order chi connectivity index (χ0) is 13.7. The lowest BCUT2D eigenvalue weighted by atomic mass is 9.93. The Morgan fingerprint density at radius 3 is 2.85 bits per heavy atom. The van der Waals surface area contributed by atoms with Crippen LogP contribution in [0.25, 0.3) is 0 Å². The minimum Gasteiger partial charge on any atom is -0.270 e. The molecule has 2 aliphatic rings. The van der Waals surface area contributed by atoms with Crippen LogP contribution >= 0.6 is 22.6 Å². The van der Waals surface area contributed by atoms with Gasteiger partial charge in [0.2, 0.25) is 0 Å². The van der Waals surface area contributed by atoms with Gasteiger partial charge in [-0.05, 0) is 19.3 Å². The lowest BCUT2D eigenvalue weighted by Gasteiger charge is -2.30. The minimum absolute atomic E-state index is 0.00424. The van der Waals surface area contributed by atoms with Crippen molar-refractivity contribution in [1.29, 1.82) is 0 Å². The lowest BCUT2D eigenvalue weighted by molar-refractivity contribution is 0.296. The normalized spacial score (nSPS) is 28.1. The number of halogens is 1. The Balaban J connectivity index is 1.73. The number of nitrogens with zero attached hydrogens (tertiary/aromatic N) is 5. The van der Waals surface area contributed by atoms with Gasteiger partial charge in [-0.3, -0.25) is 14.5 Å². The number of aromatic nitrogens is 5. The van der Waals surface area contributed by atoms with Gasteiger partial charge in [0.05, 0.1) is 24.0 Å². The van der Waals surface area contributed by atoms with Crippen molar-refractivity contribution in [2.24, 2.45) is 0 Å². The molecule has 0 bridgehead atoms. The monoisotopic (exact) mass is 383 g/mol. The maximum atomic E-state index is 12.6. The van der Waals surface area contributed by atoms with E-state index in [1.807, 2.05) is 4.57 Å². The highest BCUT2D eigenvalue weighted by Crippen LogP contribution is 2.37. The van der Waals surface area contributed by atoms with E-state index >= 15 is 0 Å². The summed E-state index contributed by atoms with van der Waals surface area (Å²) >= 11 is 2.43. The number of hydrogen-bond donors (Lipinski definition) is 0. The van der Waals surface area contributed by atoms with Crippen molar-refractivity contribution in [3.8, 4) is 0 Å². The van der Waals surface area contributed by atoms with Crippen molar-refractivity contribution in [3.05, 3.63) is 40.6 Å². The highest BCUT2D eigenvalue weighted by Gasteiger charge is 2.35. The minimum atomic E-state index is -0.00424. The van der Waals surface area contributed by atoms with E-state index in [4.69, 9.17) is 0 Å². The van der Waals surface area contributed by atoms with Crippen molar-refractivity contribution in [2.45, 2.75) is 41.7 Å². The van der Waals surface area contributed by atoms with Gasteiger partial charge in [-0.25, -0.2) is 9.48 Å². The molecule has 4 rings (SSSR count). The van der Waals surface area contributed by atoms with E-state index in [9.17, 15) is 4.79 Å². The smallest absolute Gasteiger partial charge is 0.270 e. The first-order valence-electron chi connectivity index (χ1n) is 6.84. The average molecular weight is 383 g/mol. The molecule has 1 aliphatic carbocycles. The molecule has 1 fully saturated rings. The molecule has 0 radical (unpaired) electrons. The van der Waals surface area contributed by atoms with Crippen LogP contribution in [-0.4, -0.2) is 28.2 Å². The number of aryl methyl sites for hydroxylation is 1. The van der Waals surface area contributed by atoms with E-state index in [2.05, 4.69) is 37.7 Å². The second-order valence-electron chi connectivity index (χ2n) is 5.42. The maximum absolute atomic E-state index is 12.6. The van der Waals surface area contributed by atoms with Crippen LogP contribution in [0.1, 0.15) is 42.9 Å². The molecule has 1 saturated carbocycles. The maximum Gasteiger partial charge on any atom is 0.346 e. The summed E-state index contributed by atoms with van der Waals surface area (Å²) in [6.45, 7) is 0. The first-order valence-corrected chi connectivity index (χ1v) is 8.08. The van der Waals surface area contributed by atoms with Crippen LogP contribution in [0.4, 0.5) is 0 Å². The van der Waals surface area contributed by atoms with E-state index < -0.39 is 0 Å². The van der Waals surface area contributed by atoms with Crippen molar-refractivity contribution in [1.82, 2.24) is 24.3 Å². The summed E-state index contributed by atoms with van der Waals surface area (Å²) in [6.07, 6.45) is 8.89. The number of rotatable bonds is 2. The average Bonchev–Trinajstić information content (AvgIpc) is 2.97. The number of fused-ring (bicyclic) bond motifs is 1. The fourth-order valence-electron chi connectivity index (χ4n) is 3.04. The molecule has 104 valence electrons. The fourth-order valence-corrected chi connectivity index (χ4v) is 4.21. The highest BCUT2D eigenvalue weighted by atomic mass is 127. The summed E-state index contributed by atoms with van der Waals surface area (Å²) in [7, 11) is 0. The molecule has 1 atom stereocenters. The zero-order valence-electron chi connectivity index (χ0n) is 10.8. The third kappa shape index (κ3) is 1.82. The number of hydrogen-bond acceptors (Lipinski definition) is 4. The molecule has 3 heterocycles. The van der Waals surface area contributed by atoms with Gasteiger partial charge < -0.3 is 0 Å². The molecule has 0 spiro atoms. The lowest BCUT2D eigenvalue weighted by Crippen LogP contribution is -2.36. The molecule has 0 aromatic carbocycles. The van der Waals surface area contributed by atoms with Crippen LogP contribution in [0.3, 0.4) is 0 Å². The Kier molecular flexibility index (Phi) is 2.90. The van der Waals surface area contributed by atoms with E-state index in [1.165, 1.54) is 0 Å². The first-order chi connectivity index (χ1) is 9.74. The SMILES string of the molecule is O=c1n(C2CC(I)C2)nc2n1C(c1cnccn1)CC2. The van der Waals surface area contributed by atoms with Gasteiger partial charge in [0.1, 0.15) is 5.82 Å². The van der Waals surface area contributed by atoms with Crippen LogP contribution in [0.15, 0.2) is 23.4 Å². The molecular formula is C13H14IN5O. The Labute approximate surface area is 129 Å². The zero-order valence-corrected chi connectivity index (χ0v) is 13.0. The van der Waals surface area contributed by atoms with Gasteiger partial charge >= 0.3 is 5.69 Å². The fraction of sp³-hybridized carbons (Fsp3) is 0.538. The second kappa shape index (κ2) is 4.64. The molecule has 0 amide bonds. The Bertz CT molecular complexity index is 689. The summed E-state index contributed by atoms with van der Waals surface area (Å²) in [5.74, 6) is 0.891. The molecule has 6 nitrogen and oxygen atoms in total. The van der Waals surface area contributed by atoms with E-state index in [0.29, 0.717) is 3.92 Å². The molecule has 20 heavy (non-hydrogen) atoms. The topological polar surface area (TPSA) is 65.6 Å². The predicted octanol–water partition coefficient (Wildman–Crippen LogP) is 1.51. The van der Waals surface area contributed by atoms with Gasteiger partial charge in [0.15, 0.2) is 0 Å². The molecule has 0 saturated heterocycles. The molecule has 2 aromatic rings. The second-order valence-corrected chi connectivity index (χ2v) is 7.18. The van der Waals surface area contributed by atoms with E-state index in [1.54, 1.807) is 23.3 Å². The van der Waals surface area contributed by atoms with Crippen LogP contribution in [-0.2, 0) is 6.42 Å². The van der Waals surface area contributed by atoms with Crippen molar-refractivity contribution >= 4 is 22.6 Å². The van der Waals surface area contributed by atoms with E-state index in [-0.39, 0.29) is 17.8 Å². The predicted molar refractivity (Wildman–Crippen MR) is 81.1 cm³/mol. The van der Waals surface area contributed by atoms with Crippen LogP contribution in [0.5, 0.6) is 0 Å². The number of alkyl halides is 1. The van der Waals surface area contributed by atoms with Crippen molar-refractivity contribution < 1.29 is 0 Å². The summed E-state index contributed by atoms with van der Waals surface area (Å²) in [4.78, 5) is 21.0. The highest BCUT2D eigenvalue weighted by molar-refractivity contribution is 14.1. The Morgan fingerprint density at radius 2 is 2.15 bits per heavy atom. The molecule has 7 heteroatoms. The van der Waals surface area contributed by atoms with Crippen LogP contribution < -0.4 is 5.69 Å². The van der Waals surface area contributed by atoms with Crippen molar-refractivity contribution in [2.75, 3.05) is 0 Å². The van der Waals surface area contributed by atoms with Crippen molar-refractivity contribution in [3.63, 3.8) is 0 Å². The van der Waals surface area contributed by atoms with E-state index in [0.717, 1.165) is 37.2 Å². The first kappa shape index (κ1) is 12.5. The molecular weight excluding hydrogens is 369 g/mol. The quantitative estimate of drug-likeness (QED) is 0.583. The van der Waals surface area contributed by atoms with Crippen LogP contribution in [0.2, 0.25) is 0 Å². The third-order valence-electron chi connectivity index (χ3n) is 4.18. The summed E-state index contributed by atoms with van der Waals surface area (Å²) < 4.78 is 4.18. The Hall–Kier alpha value is -1.25. The van der Waals surface area contributed by atoms with Crippen LogP contribution in [0, 0.1) is 0 Å². The molecule has 0 N–H and O–H groups in total. The third-order valence-corrected chi connectivity index (χ3v) is 5.20. The summed E-state index contributed by atoms with van der Waals surface area (Å²) in [5, 5.41) is 4.54. The van der Waals surface area contributed by atoms with Gasteiger partial charge in [0.25, 0.3) is 0 Å². The summed E-state index contributed by atoms with van der Waals surface area (Å²) in [5.41, 5.74) is 0.870. The molecule has 1 unspecified atom stereocenters. The summed E-state index contributed by atoms with van der Waals surface area (Å²) in [6, 6.07) is 0.278. The standard InChI is InChI=1S/C13H14IN5O/c14-8-5-9(6-8)19-13(20)18-11(1-2-12(18)17-19)10-7-15-3-4-16-10/h3-4,7-9,11H,1-2,5-6H2. The van der Waals surface area contributed by atoms with Gasteiger partial charge in [0, 0.05) is 22.7 Å². The Morgan fingerprint density at radius 1 is 1.30 bits per heavy atom. The van der Waals surface area contributed by atoms with Gasteiger partial charge in [-0.2, -0.15) is 5.10 Å². The molecule has 1 aliphatic heterocycles. The van der Waals surface area contributed by atoms with Gasteiger partial charge in [-0.15, -0.1) is 0 Å².